The molecular formula is C14H19Cl3. The van der Waals surface area contributed by atoms with Gasteiger partial charge in [0.15, 0.2) is 0 Å². The van der Waals surface area contributed by atoms with Gasteiger partial charge in [-0.1, -0.05) is 44.0 Å². The van der Waals surface area contributed by atoms with E-state index in [9.17, 15) is 0 Å². The molecule has 0 N–H and O–H groups in total. The minimum absolute atomic E-state index is 0.163. The van der Waals surface area contributed by atoms with Gasteiger partial charge in [-0.3, -0.25) is 0 Å². The van der Waals surface area contributed by atoms with E-state index in [1.165, 1.54) is 0 Å². The Kier molecular flexibility index (Phi) is 6.12. The van der Waals surface area contributed by atoms with E-state index in [1.54, 1.807) is 0 Å². The Morgan fingerprint density at radius 3 is 2.35 bits per heavy atom. The van der Waals surface area contributed by atoms with Crippen molar-refractivity contribution in [2.75, 3.05) is 11.8 Å². The summed E-state index contributed by atoms with van der Waals surface area (Å²) in [4.78, 5) is 0. The fourth-order valence-corrected chi connectivity index (χ4v) is 3.05. The first kappa shape index (κ1) is 15.1. The molecule has 0 amide bonds. The van der Waals surface area contributed by atoms with Crippen LogP contribution >= 0.6 is 34.8 Å². The van der Waals surface area contributed by atoms with Crippen molar-refractivity contribution < 1.29 is 0 Å². The maximum absolute atomic E-state index is 6.18. The highest BCUT2D eigenvalue weighted by molar-refractivity contribution is 6.30. The second kappa shape index (κ2) is 6.87. The average molecular weight is 294 g/mol. The van der Waals surface area contributed by atoms with Gasteiger partial charge < -0.3 is 0 Å². The molecule has 0 fully saturated rings. The van der Waals surface area contributed by atoms with Crippen LogP contribution in [0.4, 0.5) is 0 Å². The Morgan fingerprint density at radius 2 is 1.88 bits per heavy atom. The molecule has 0 bridgehead atoms. The van der Waals surface area contributed by atoms with Gasteiger partial charge in [0.2, 0.25) is 0 Å². The Morgan fingerprint density at radius 1 is 1.24 bits per heavy atom. The number of alkyl halides is 2. The van der Waals surface area contributed by atoms with E-state index in [0.717, 1.165) is 23.4 Å². The lowest BCUT2D eigenvalue weighted by Gasteiger charge is -2.33. The average Bonchev–Trinajstić information content (AvgIpc) is 2.35. The van der Waals surface area contributed by atoms with E-state index in [1.807, 2.05) is 18.2 Å². The van der Waals surface area contributed by atoms with Crippen LogP contribution in [0.2, 0.25) is 5.02 Å². The van der Waals surface area contributed by atoms with Crippen molar-refractivity contribution in [3.05, 3.63) is 34.9 Å². The van der Waals surface area contributed by atoms with E-state index in [4.69, 9.17) is 34.8 Å². The predicted molar refractivity (Wildman–Crippen MR) is 78.6 cm³/mol. The highest BCUT2D eigenvalue weighted by Gasteiger charge is 2.32. The number of hydrogen-bond acceptors (Lipinski definition) is 0. The molecule has 1 aromatic rings. The Hall–Kier alpha value is 0.0900. The summed E-state index contributed by atoms with van der Waals surface area (Å²) < 4.78 is 0. The topological polar surface area (TPSA) is 0 Å². The van der Waals surface area contributed by atoms with E-state index >= 15 is 0 Å². The molecule has 0 spiro atoms. The summed E-state index contributed by atoms with van der Waals surface area (Å²) in [5.41, 5.74) is 0.985. The van der Waals surface area contributed by atoms with Crippen molar-refractivity contribution in [2.45, 2.75) is 32.1 Å². The summed E-state index contributed by atoms with van der Waals surface area (Å²) in [5.74, 6) is 1.66. The Labute approximate surface area is 119 Å². The molecule has 17 heavy (non-hydrogen) atoms. The molecule has 1 rings (SSSR count). The molecular weight excluding hydrogens is 275 g/mol. The van der Waals surface area contributed by atoms with Crippen molar-refractivity contribution in [3.63, 3.8) is 0 Å². The normalized spacial score (nSPS) is 13.7. The lowest BCUT2D eigenvalue weighted by atomic mass is 9.76. The van der Waals surface area contributed by atoms with Crippen LogP contribution in [0.5, 0.6) is 0 Å². The van der Waals surface area contributed by atoms with Crippen LogP contribution in [-0.4, -0.2) is 11.8 Å². The van der Waals surface area contributed by atoms with Crippen molar-refractivity contribution in [1.82, 2.24) is 0 Å². The van der Waals surface area contributed by atoms with Gasteiger partial charge in [-0.25, -0.2) is 0 Å². The molecule has 1 unspecified atom stereocenters. The molecule has 0 aliphatic rings. The monoisotopic (exact) mass is 292 g/mol. The minimum atomic E-state index is -0.163. The second-order valence-electron chi connectivity index (χ2n) is 4.78. The summed E-state index contributed by atoms with van der Waals surface area (Å²) in [7, 11) is 0. The molecule has 0 aliphatic carbocycles. The zero-order valence-corrected chi connectivity index (χ0v) is 12.6. The molecule has 1 atom stereocenters. The van der Waals surface area contributed by atoms with Gasteiger partial charge in [-0.15, -0.1) is 23.2 Å². The van der Waals surface area contributed by atoms with E-state index in [0.29, 0.717) is 17.7 Å². The zero-order chi connectivity index (χ0) is 12.9. The van der Waals surface area contributed by atoms with Gasteiger partial charge in [0.05, 0.1) is 0 Å². The highest BCUT2D eigenvalue weighted by atomic mass is 35.5. The first-order valence-corrected chi connectivity index (χ1v) is 7.40. The lowest BCUT2D eigenvalue weighted by molar-refractivity contribution is 0.380. The fraction of sp³-hybridized carbons (Fsp3) is 0.571. The molecule has 3 heteroatoms. The number of halogens is 3. The molecule has 1 aromatic carbocycles. The third-order valence-corrected chi connectivity index (χ3v) is 4.64. The highest BCUT2D eigenvalue weighted by Crippen LogP contribution is 2.36. The SMILES string of the molecule is CCC(C)CC(CCl)(CCl)c1cccc(Cl)c1. The molecule has 0 saturated heterocycles. The summed E-state index contributed by atoms with van der Waals surface area (Å²) >= 11 is 18.4. The van der Waals surface area contributed by atoms with Gasteiger partial charge in [0.25, 0.3) is 0 Å². The van der Waals surface area contributed by atoms with Gasteiger partial charge in [-0.05, 0) is 30.0 Å². The zero-order valence-electron chi connectivity index (χ0n) is 10.3. The van der Waals surface area contributed by atoms with Crippen LogP contribution in [0, 0.1) is 5.92 Å². The van der Waals surface area contributed by atoms with Crippen LogP contribution < -0.4 is 0 Å². The fourth-order valence-electron chi connectivity index (χ4n) is 2.05. The third-order valence-electron chi connectivity index (χ3n) is 3.38. The van der Waals surface area contributed by atoms with Crippen molar-refractivity contribution >= 4 is 34.8 Å². The van der Waals surface area contributed by atoms with Gasteiger partial charge in [0, 0.05) is 22.2 Å². The molecule has 0 nitrogen and oxygen atoms in total. The van der Waals surface area contributed by atoms with Gasteiger partial charge >= 0.3 is 0 Å². The molecule has 0 aromatic heterocycles. The molecule has 0 saturated carbocycles. The quantitative estimate of drug-likeness (QED) is 0.608. The predicted octanol–water partition coefficient (Wildman–Crippen LogP) is 5.49. The summed E-state index contributed by atoms with van der Waals surface area (Å²) in [6, 6.07) is 7.89. The maximum Gasteiger partial charge on any atom is 0.0408 e. The molecule has 0 aliphatic heterocycles. The minimum Gasteiger partial charge on any atom is -0.126 e. The Bertz CT molecular complexity index is 345. The van der Waals surface area contributed by atoms with Crippen molar-refractivity contribution in [1.29, 1.82) is 0 Å². The van der Waals surface area contributed by atoms with E-state index in [2.05, 4.69) is 19.9 Å². The van der Waals surface area contributed by atoms with Crippen LogP contribution in [0.15, 0.2) is 24.3 Å². The number of benzene rings is 1. The van der Waals surface area contributed by atoms with Crippen LogP contribution in [0.25, 0.3) is 0 Å². The number of rotatable bonds is 6. The van der Waals surface area contributed by atoms with Gasteiger partial charge in [-0.2, -0.15) is 0 Å². The summed E-state index contributed by atoms with van der Waals surface area (Å²) in [5, 5.41) is 0.742. The molecule has 0 heterocycles. The first-order valence-electron chi connectivity index (χ1n) is 5.96. The molecule has 96 valence electrons. The van der Waals surface area contributed by atoms with E-state index < -0.39 is 0 Å². The lowest BCUT2D eigenvalue weighted by Crippen LogP contribution is -2.32. The van der Waals surface area contributed by atoms with Gasteiger partial charge in [0.1, 0.15) is 0 Å². The van der Waals surface area contributed by atoms with E-state index in [-0.39, 0.29) is 5.41 Å². The largest absolute Gasteiger partial charge is 0.126 e. The van der Waals surface area contributed by atoms with Crippen molar-refractivity contribution in [2.24, 2.45) is 5.92 Å². The Balaban J connectivity index is 3.06. The smallest absolute Gasteiger partial charge is 0.0408 e. The number of hydrogen-bond donors (Lipinski definition) is 0. The van der Waals surface area contributed by atoms with Crippen molar-refractivity contribution in [3.8, 4) is 0 Å². The second-order valence-corrected chi connectivity index (χ2v) is 5.75. The maximum atomic E-state index is 6.18. The standard InChI is InChI=1S/C14H19Cl3/c1-3-11(2)8-14(9-15,10-16)12-5-4-6-13(17)7-12/h4-7,11H,3,8-10H2,1-2H3. The summed E-state index contributed by atoms with van der Waals surface area (Å²) in [6.45, 7) is 4.42. The molecule has 0 radical (unpaired) electrons. The van der Waals surface area contributed by atoms with Crippen LogP contribution in [0.1, 0.15) is 32.3 Å². The summed E-state index contributed by atoms with van der Waals surface area (Å²) in [6.07, 6.45) is 2.13. The van der Waals surface area contributed by atoms with Crippen LogP contribution in [0.3, 0.4) is 0 Å². The third kappa shape index (κ3) is 3.77. The van der Waals surface area contributed by atoms with Crippen LogP contribution in [-0.2, 0) is 5.41 Å². The first-order chi connectivity index (χ1) is 8.07.